The second-order valence-corrected chi connectivity index (χ2v) is 5.79. The van der Waals surface area contributed by atoms with E-state index in [1.54, 1.807) is 0 Å². The van der Waals surface area contributed by atoms with Gasteiger partial charge in [-0.15, -0.1) is 0 Å². The van der Waals surface area contributed by atoms with Gasteiger partial charge in [0.2, 0.25) is 5.91 Å². The van der Waals surface area contributed by atoms with Gasteiger partial charge < -0.3 is 20.5 Å². The summed E-state index contributed by atoms with van der Waals surface area (Å²) in [5, 5.41) is 2.86. The van der Waals surface area contributed by atoms with Crippen molar-refractivity contribution >= 4 is 5.91 Å². The zero-order chi connectivity index (χ0) is 14.6. The third-order valence-corrected chi connectivity index (χ3v) is 3.09. The molecule has 0 aromatic heterocycles. The van der Waals surface area contributed by atoms with Gasteiger partial charge in [-0.2, -0.15) is 0 Å². The predicted molar refractivity (Wildman–Crippen MR) is 76.9 cm³/mol. The lowest BCUT2D eigenvalue weighted by molar-refractivity contribution is -0.121. The van der Waals surface area contributed by atoms with E-state index in [0.717, 1.165) is 11.5 Å². The van der Waals surface area contributed by atoms with E-state index in [9.17, 15) is 4.79 Å². The van der Waals surface area contributed by atoms with Gasteiger partial charge in [-0.05, 0) is 32.4 Å². The smallest absolute Gasteiger partial charge is 0.220 e. The quantitative estimate of drug-likeness (QED) is 0.855. The molecule has 1 atom stereocenters. The lowest BCUT2D eigenvalue weighted by Crippen LogP contribution is -2.41. The summed E-state index contributed by atoms with van der Waals surface area (Å²) in [6.45, 7) is 4.71. The largest absolute Gasteiger partial charge is 0.486 e. The van der Waals surface area contributed by atoms with Crippen molar-refractivity contribution in [3.8, 4) is 11.5 Å². The number of amides is 1. The second-order valence-electron chi connectivity index (χ2n) is 5.79. The normalized spacial score (nSPS) is 17.6. The molecule has 0 saturated carbocycles. The van der Waals surface area contributed by atoms with Crippen molar-refractivity contribution in [1.82, 2.24) is 5.32 Å². The number of nitrogens with two attached hydrogens (primary N) is 1. The first kappa shape index (κ1) is 14.7. The van der Waals surface area contributed by atoms with Gasteiger partial charge in [-0.3, -0.25) is 4.79 Å². The highest BCUT2D eigenvalue weighted by Gasteiger charge is 2.21. The number of nitrogens with one attached hydrogen (secondary N) is 1. The van der Waals surface area contributed by atoms with Crippen LogP contribution in [0.3, 0.4) is 0 Å². The fourth-order valence-corrected chi connectivity index (χ4v) is 1.92. The summed E-state index contributed by atoms with van der Waals surface area (Å²) in [6.07, 6.45) is 0.928. The van der Waals surface area contributed by atoms with Crippen LogP contribution in [0.2, 0.25) is 0 Å². The summed E-state index contributed by atoms with van der Waals surface area (Å²) in [6, 6.07) is 7.53. The topological polar surface area (TPSA) is 73.6 Å². The third-order valence-electron chi connectivity index (χ3n) is 3.09. The lowest BCUT2D eigenvalue weighted by atomic mass is 10.00. The van der Waals surface area contributed by atoms with Crippen molar-refractivity contribution in [2.24, 2.45) is 5.73 Å². The number of hydrogen-bond donors (Lipinski definition) is 2. The molecule has 0 saturated heterocycles. The first-order valence-electron chi connectivity index (χ1n) is 6.88. The maximum Gasteiger partial charge on any atom is 0.220 e. The average Bonchev–Trinajstić information content (AvgIpc) is 2.42. The molecule has 110 valence electrons. The van der Waals surface area contributed by atoms with Crippen LogP contribution in [-0.4, -0.2) is 30.7 Å². The summed E-state index contributed by atoms with van der Waals surface area (Å²) in [5.74, 6) is 1.46. The highest BCUT2D eigenvalue weighted by atomic mass is 16.6. The Morgan fingerprint density at radius 2 is 2.10 bits per heavy atom. The van der Waals surface area contributed by atoms with Crippen molar-refractivity contribution < 1.29 is 14.3 Å². The molecule has 1 unspecified atom stereocenters. The maximum atomic E-state index is 11.7. The molecule has 5 nitrogen and oxygen atoms in total. The van der Waals surface area contributed by atoms with Crippen LogP contribution in [0.25, 0.3) is 0 Å². The zero-order valence-corrected chi connectivity index (χ0v) is 12.0. The molecule has 0 bridgehead atoms. The summed E-state index contributed by atoms with van der Waals surface area (Å²) < 4.78 is 11.3. The fraction of sp³-hybridized carbons (Fsp3) is 0.533. The van der Waals surface area contributed by atoms with Gasteiger partial charge in [0.15, 0.2) is 11.5 Å². The van der Waals surface area contributed by atoms with Crippen molar-refractivity contribution in [2.45, 2.75) is 38.3 Å². The van der Waals surface area contributed by atoms with Crippen LogP contribution in [0, 0.1) is 0 Å². The number of hydrogen-bond acceptors (Lipinski definition) is 4. The molecule has 0 radical (unpaired) electrons. The monoisotopic (exact) mass is 278 g/mol. The third kappa shape index (κ3) is 4.42. The Balaban J connectivity index is 1.75. The molecule has 1 heterocycles. The Morgan fingerprint density at radius 1 is 1.40 bits per heavy atom. The number of para-hydroxylation sites is 2. The number of ether oxygens (including phenoxy) is 2. The van der Waals surface area contributed by atoms with E-state index in [4.69, 9.17) is 15.2 Å². The molecule has 20 heavy (non-hydrogen) atoms. The number of carbonyl (C=O) groups is 1. The van der Waals surface area contributed by atoms with Gasteiger partial charge in [0.1, 0.15) is 12.7 Å². The minimum Gasteiger partial charge on any atom is -0.486 e. The Hall–Kier alpha value is -1.75. The molecular formula is C15H22N2O3. The molecule has 1 aliphatic rings. The first-order chi connectivity index (χ1) is 9.44. The Bertz CT molecular complexity index is 468. The average molecular weight is 278 g/mol. The standard InChI is InChI=1S/C15H22N2O3/c1-15(2,16)8-7-14(18)17-9-11-10-19-12-5-3-4-6-13(12)20-11/h3-6,11H,7-10,16H2,1-2H3,(H,17,18). The fourth-order valence-electron chi connectivity index (χ4n) is 1.92. The highest BCUT2D eigenvalue weighted by molar-refractivity contribution is 5.75. The van der Waals surface area contributed by atoms with Gasteiger partial charge in [0.05, 0.1) is 6.54 Å². The summed E-state index contributed by atoms with van der Waals surface area (Å²) in [4.78, 5) is 11.7. The van der Waals surface area contributed by atoms with Crippen LogP contribution in [0.4, 0.5) is 0 Å². The molecule has 0 aliphatic carbocycles. The van der Waals surface area contributed by atoms with E-state index >= 15 is 0 Å². The Kier molecular flexibility index (Phi) is 4.49. The number of benzene rings is 1. The van der Waals surface area contributed by atoms with Crippen LogP contribution in [0.15, 0.2) is 24.3 Å². The molecule has 1 aliphatic heterocycles. The Morgan fingerprint density at radius 3 is 2.80 bits per heavy atom. The molecule has 1 aromatic rings. The number of rotatable bonds is 5. The summed E-state index contributed by atoms with van der Waals surface area (Å²) in [5.41, 5.74) is 5.53. The molecule has 2 rings (SSSR count). The van der Waals surface area contributed by atoms with Crippen LogP contribution in [0.5, 0.6) is 11.5 Å². The van der Waals surface area contributed by atoms with Crippen molar-refractivity contribution in [3.63, 3.8) is 0 Å². The maximum absolute atomic E-state index is 11.7. The van der Waals surface area contributed by atoms with E-state index < -0.39 is 0 Å². The van der Waals surface area contributed by atoms with Gasteiger partial charge in [0.25, 0.3) is 0 Å². The number of carbonyl (C=O) groups excluding carboxylic acids is 1. The van der Waals surface area contributed by atoms with Crippen LogP contribution < -0.4 is 20.5 Å². The second kappa shape index (κ2) is 6.13. The van der Waals surface area contributed by atoms with E-state index in [1.165, 1.54) is 0 Å². The molecule has 0 spiro atoms. The Labute approximate surface area is 119 Å². The zero-order valence-electron chi connectivity index (χ0n) is 12.0. The minimum absolute atomic E-state index is 0.00835. The van der Waals surface area contributed by atoms with E-state index in [1.807, 2.05) is 38.1 Å². The van der Waals surface area contributed by atoms with Gasteiger partial charge in [-0.25, -0.2) is 0 Å². The van der Waals surface area contributed by atoms with Crippen molar-refractivity contribution in [2.75, 3.05) is 13.2 Å². The molecule has 1 amide bonds. The van der Waals surface area contributed by atoms with E-state index in [2.05, 4.69) is 5.32 Å². The molecule has 1 aromatic carbocycles. The van der Waals surface area contributed by atoms with Crippen LogP contribution in [0.1, 0.15) is 26.7 Å². The van der Waals surface area contributed by atoms with Gasteiger partial charge in [0, 0.05) is 12.0 Å². The molecule has 5 heteroatoms. The molecular weight excluding hydrogens is 256 g/mol. The minimum atomic E-state index is -0.319. The lowest BCUT2D eigenvalue weighted by Gasteiger charge is -2.26. The van der Waals surface area contributed by atoms with E-state index in [-0.39, 0.29) is 17.6 Å². The molecule has 3 N–H and O–H groups in total. The van der Waals surface area contributed by atoms with Crippen molar-refractivity contribution in [1.29, 1.82) is 0 Å². The van der Waals surface area contributed by atoms with Gasteiger partial charge >= 0.3 is 0 Å². The van der Waals surface area contributed by atoms with Crippen LogP contribution in [-0.2, 0) is 4.79 Å². The van der Waals surface area contributed by atoms with E-state index in [0.29, 0.717) is 26.0 Å². The SMILES string of the molecule is CC(C)(N)CCC(=O)NCC1COc2ccccc2O1. The van der Waals surface area contributed by atoms with Gasteiger partial charge in [-0.1, -0.05) is 12.1 Å². The summed E-state index contributed by atoms with van der Waals surface area (Å²) >= 11 is 0. The van der Waals surface area contributed by atoms with Crippen LogP contribution >= 0.6 is 0 Å². The number of fused-ring (bicyclic) bond motifs is 1. The summed E-state index contributed by atoms with van der Waals surface area (Å²) in [7, 11) is 0. The first-order valence-corrected chi connectivity index (χ1v) is 6.88. The molecule has 0 fully saturated rings. The highest BCUT2D eigenvalue weighted by Crippen LogP contribution is 2.30. The van der Waals surface area contributed by atoms with Crippen molar-refractivity contribution in [3.05, 3.63) is 24.3 Å². The predicted octanol–water partition coefficient (Wildman–Crippen LogP) is 1.46.